The lowest BCUT2D eigenvalue weighted by atomic mass is 9.44. The second kappa shape index (κ2) is 21.0. The van der Waals surface area contributed by atoms with Crippen molar-refractivity contribution in [1.29, 1.82) is 0 Å². The zero-order chi connectivity index (χ0) is 51.7. The predicted octanol–water partition coefficient (Wildman–Crippen LogP) is 6.44. The van der Waals surface area contributed by atoms with E-state index in [1.807, 2.05) is 0 Å². The molecule has 4 aliphatic heterocycles. The minimum Gasteiger partial charge on any atom is -0.446 e. The molecule has 4 aliphatic carbocycles. The van der Waals surface area contributed by atoms with Gasteiger partial charge in [0.1, 0.15) is 67.8 Å². The summed E-state index contributed by atoms with van der Waals surface area (Å²) in [5, 5.41) is 62.3. The Morgan fingerprint density at radius 1 is 0.712 bits per heavy atom. The first-order valence-electron chi connectivity index (χ1n) is 26.0. The number of anilines is 2. The molecular formula is C53H70Cl2N2O16. The highest BCUT2D eigenvalue weighted by atomic mass is 35.5. The van der Waals surface area contributed by atoms with Crippen molar-refractivity contribution in [1.82, 2.24) is 0 Å². The fraction of sp³-hybridized carbons (Fsp3) is 0.717. The highest BCUT2D eigenvalue weighted by molar-refractivity contribution is 6.31. The van der Waals surface area contributed by atoms with Crippen LogP contribution in [-0.4, -0.2) is 143 Å². The molecule has 4 saturated heterocycles. The van der Waals surface area contributed by atoms with Gasteiger partial charge in [0.25, 0.3) is 0 Å². The third-order valence-corrected chi connectivity index (χ3v) is 18.9. The van der Waals surface area contributed by atoms with E-state index in [1.54, 1.807) is 48.5 Å². The normalized spacial score (nSPS) is 45.1. The molecule has 402 valence electrons. The van der Waals surface area contributed by atoms with Gasteiger partial charge in [0.15, 0.2) is 18.4 Å². The molecule has 18 nitrogen and oxygen atoms in total. The summed E-state index contributed by atoms with van der Waals surface area (Å²) < 4.78 is 49.0. The number of hydrogen-bond acceptors (Lipinski definition) is 16. The topological polar surface area (TPSA) is 250 Å². The second-order valence-electron chi connectivity index (χ2n) is 22.8. The average Bonchev–Trinajstić information content (AvgIpc) is 3.80. The molecule has 7 N–H and O–H groups in total. The largest absolute Gasteiger partial charge is 0.446 e. The number of aliphatic hydroxyl groups is 5. The number of nitrogens with one attached hydrogen (secondary N) is 2. The van der Waals surface area contributed by atoms with Gasteiger partial charge in [-0.25, -0.2) is 9.59 Å². The van der Waals surface area contributed by atoms with Crippen LogP contribution in [0.5, 0.6) is 0 Å². The number of benzene rings is 2. The van der Waals surface area contributed by atoms with Crippen LogP contribution >= 0.6 is 23.2 Å². The number of hydrogen-bond donors (Lipinski definition) is 7. The monoisotopic (exact) mass is 1060 g/mol. The van der Waals surface area contributed by atoms with E-state index in [9.17, 15) is 39.9 Å². The van der Waals surface area contributed by atoms with Gasteiger partial charge in [-0.05, 0) is 134 Å². The van der Waals surface area contributed by atoms with Crippen LogP contribution in [0.1, 0.15) is 85.5 Å². The van der Waals surface area contributed by atoms with E-state index in [2.05, 4.69) is 38.3 Å². The second-order valence-corrected chi connectivity index (χ2v) is 23.7. The molecule has 4 saturated carbocycles. The van der Waals surface area contributed by atoms with E-state index in [-0.39, 0.29) is 46.5 Å². The quantitative estimate of drug-likeness (QED) is 0.127. The molecule has 0 bridgehead atoms. The molecule has 20 heteroatoms. The Morgan fingerprint density at radius 2 is 1.32 bits per heavy atom. The van der Waals surface area contributed by atoms with E-state index in [1.165, 1.54) is 0 Å². The summed E-state index contributed by atoms with van der Waals surface area (Å²) in [6.45, 7) is 8.66. The van der Waals surface area contributed by atoms with Crippen LogP contribution < -0.4 is 10.6 Å². The summed E-state index contributed by atoms with van der Waals surface area (Å²) in [6, 6.07) is 12.5. The number of carbonyl (C=O) groups is 3. The number of fused-ring (bicyclic) bond motifs is 7. The molecular weight excluding hydrogens is 991 g/mol. The molecule has 0 aromatic heterocycles. The SMILES string of the molecule is CC1C2C(C[C@H]3[C@@H]4CC[C@H]5C[C@@H](O[C@@H]6O[C@H](COC(=O)Nc7ccc(Cl)cc7)[C@@H](O[C@@H]7O[C@H](COC(=O)Nc8ccc(Cl)cc8)[C@@H](O)[C@H](O)[C@H]7O)[C@H](O)[C@H]6O)CC[C@]5(C)[C@H]4C(=O)C[C@]23C)O[C@]12CC[C@@H](C)CO2. The van der Waals surface area contributed by atoms with Crippen LogP contribution in [0.2, 0.25) is 10.0 Å². The number of halogens is 2. The third-order valence-electron chi connectivity index (χ3n) is 18.4. The van der Waals surface area contributed by atoms with Crippen LogP contribution in [0.15, 0.2) is 48.5 Å². The number of aliphatic hydroxyl groups excluding tert-OH is 5. The standard InChI is InChI=1S/C53H70Cl2N2O16/c1-25-15-18-53(68-22-25)26(2)39-36(73-53)20-34-33-14-5-27-19-32(16-17-51(27,3)40(33)35(58)21-52(34,39)4)69-47-45(63)43(61)46(38(71-47)24-67-50(65)57-31-12-8-29(55)9-13-31)72-48-44(62)42(60)41(59)37(70-48)23-66-49(64)56-30-10-6-28(54)7-11-30/h6-13,25-27,32-34,36-48,59-63H,5,14-24H2,1-4H3,(H,56,64)(H,57,65)/t25-,26?,27+,32+,33+,34+,36?,37-,38-,39?,40-,41-,42+,43-,44-,45-,46-,47-,48+,51+,52+,53-/m1/s1. The van der Waals surface area contributed by atoms with Crippen molar-refractivity contribution in [2.75, 3.05) is 30.5 Å². The van der Waals surface area contributed by atoms with E-state index < -0.39 is 98.7 Å². The summed E-state index contributed by atoms with van der Waals surface area (Å²) in [5.74, 6) is 1.43. The number of ether oxygens (including phenoxy) is 8. The van der Waals surface area contributed by atoms with Crippen molar-refractivity contribution in [3.05, 3.63) is 58.6 Å². The van der Waals surface area contributed by atoms with Crippen molar-refractivity contribution in [3.63, 3.8) is 0 Å². The van der Waals surface area contributed by atoms with Gasteiger partial charge in [0, 0.05) is 46.1 Å². The molecule has 1 spiro atoms. The number of carbonyl (C=O) groups excluding carboxylic acids is 3. The van der Waals surface area contributed by atoms with Crippen LogP contribution in [0.3, 0.4) is 0 Å². The Labute approximate surface area is 434 Å². The first-order valence-corrected chi connectivity index (χ1v) is 26.8. The molecule has 8 fully saturated rings. The third kappa shape index (κ3) is 10.2. The van der Waals surface area contributed by atoms with E-state index >= 15 is 0 Å². The Balaban J connectivity index is 0.803. The van der Waals surface area contributed by atoms with E-state index in [4.69, 9.17) is 61.1 Å². The predicted molar refractivity (Wildman–Crippen MR) is 262 cm³/mol. The Morgan fingerprint density at radius 3 is 1.95 bits per heavy atom. The number of amides is 2. The first-order chi connectivity index (χ1) is 34.8. The van der Waals surface area contributed by atoms with Crippen LogP contribution in [0.4, 0.5) is 21.0 Å². The van der Waals surface area contributed by atoms with Crippen LogP contribution in [0, 0.1) is 52.3 Å². The highest BCUT2D eigenvalue weighted by Gasteiger charge is 2.71. The number of rotatable bonds is 10. The average molecular weight is 1060 g/mol. The molecule has 3 unspecified atom stereocenters. The maximum Gasteiger partial charge on any atom is 0.411 e. The molecule has 22 atom stereocenters. The number of ketones is 1. The van der Waals surface area contributed by atoms with Crippen molar-refractivity contribution < 1.29 is 77.8 Å². The summed E-state index contributed by atoms with van der Waals surface area (Å²) >= 11 is 12.0. The van der Waals surface area contributed by atoms with Gasteiger partial charge < -0.3 is 63.4 Å². The zero-order valence-corrected chi connectivity index (χ0v) is 43.1. The molecule has 10 rings (SSSR count). The maximum absolute atomic E-state index is 14.7. The minimum atomic E-state index is -1.91. The lowest BCUT2D eigenvalue weighted by Crippen LogP contribution is -2.65. The fourth-order valence-corrected chi connectivity index (χ4v) is 15.0. The van der Waals surface area contributed by atoms with Gasteiger partial charge in [0.05, 0.1) is 18.8 Å². The van der Waals surface area contributed by atoms with Crippen molar-refractivity contribution >= 4 is 52.5 Å². The van der Waals surface area contributed by atoms with Gasteiger partial charge in [-0.2, -0.15) is 0 Å². The van der Waals surface area contributed by atoms with Gasteiger partial charge in [-0.3, -0.25) is 15.4 Å². The summed E-state index contributed by atoms with van der Waals surface area (Å²) in [6.07, 6.45) is -11.7. The van der Waals surface area contributed by atoms with Crippen LogP contribution in [0.25, 0.3) is 0 Å². The molecule has 2 amide bonds. The molecule has 2 aromatic rings. The lowest BCUT2D eigenvalue weighted by molar-refractivity contribution is -0.363. The zero-order valence-electron chi connectivity index (χ0n) is 41.6. The van der Waals surface area contributed by atoms with Crippen LogP contribution in [-0.2, 0) is 42.7 Å². The molecule has 8 aliphatic rings. The fourth-order valence-electron chi connectivity index (χ4n) is 14.7. The summed E-state index contributed by atoms with van der Waals surface area (Å²) in [7, 11) is 0. The minimum absolute atomic E-state index is 0.0757. The maximum atomic E-state index is 14.7. The van der Waals surface area contributed by atoms with Crippen molar-refractivity contribution in [2.24, 2.45) is 52.3 Å². The Hall–Kier alpha value is -3.21. The number of Topliss-reactive ketones (excluding diaryl/α,β-unsaturated/α-hetero) is 1. The molecule has 0 radical (unpaired) electrons. The van der Waals surface area contributed by atoms with E-state index in [0.29, 0.717) is 71.3 Å². The van der Waals surface area contributed by atoms with Gasteiger partial charge in [-0.15, -0.1) is 0 Å². The Bertz CT molecular complexity index is 2310. The van der Waals surface area contributed by atoms with Gasteiger partial charge in [-0.1, -0.05) is 50.9 Å². The summed E-state index contributed by atoms with van der Waals surface area (Å²) in [5.41, 5.74) is 0.310. The smallest absolute Gasteiger partial charge is 0.411 e. The van der Waals surface area contributed by atoms with Gasteiger partial charge >= 0.3 is 12.2 Å². The summed E-state index contributed by atoms with van der Waals surface area (Å²) in [4.78, 5) is 40.5. The first kappa shape index (κ1) is 53.2. The van der Waals surface area contributed by atoms with Gasteiger partial charge in [0.2, 0.25) is 0 Å². The highest BCUT2D eigenvalue weighted by Crippen LogP contribution is 2.70. The van der Waals surface area contributed by atoms with E-state index in [0.717, 1.165) is 32.1 Å². The lowest BCUT2D eigenvalue weighted by Gasteiger charge is -2.60. The molecule has 73 heavy (non-hydrogen) atoms. The molecule has 4 heterocycles. The Kier molecular flexibility index (Phi) is 15.3. The van der Waals surface area contributed by atoms with Crippen molar-refractivity contribution in [3.8, 4) is 0 Å². The van der Waals surface area contributed by atoms with Crippen molar-refractivity contribution in [2.45, 2.75) is 165 Å². The molecule has 2 aromatic carbocycles.